The Hall–Kier alpha value is -2.61. The highest BCUT2D eigenvalue weighted by Gasteiger charge is 2.29. The van der Waals surface area contributed by atoms with E-state index in [1.54, 1.807) is 30.0 Å². The SMILES string of the molecule is CCS(=O)(=O)c1ccc(NC(=O)[C@@H]2CCCN(C(=O)c3ccoc3)C2)cc1. The van der Waals surface area contributed by atoms with Crippen molar-refractivity contribution in [1.29, 1.82) is 0 Å². The van der Waals surface area contributed by atoms with Crippen LogP contribution in [0.1, 0.15) is 30.1 Å². The van der Waals surface area contributed by atoms with Crippen LogP contribution in [0, 0.1) is 5.92 Å². The van der Waals surface area contributed by atoms with E-state index in [9.17, 15) is 18.0 Å². The van der Waals surface area contributed by atoms with Crippen molar-refractivity contribution in [3.05, 3.63) is 48.4 Å². The lowest BCUT2D eigenvalue weighted by atomic mass is 9.96. The van der Waals surface area contributed by atoms with Crippen LogP contribution in [-0.2, 0) is 14.6 Å². The van der Waals surface area contributed by atoms with Crippen molar-refractivity contribution < 1.29 is 22.4 Å². The van der Waals surface area contributed by atoms with E-state index in [-0.39, 0.29) is 28.4 Å². The number of carbonyl (C=O) groups excluding carboxylic acids is 2. The van der Waals surface area contributed by atoms with E-state index >= 15 is 0 Å². The van der Waals surface area contributed by atoms with Crippen molar-refractivity contribution in [1.82, 2.24) is 4.90 Å². The number of carbonyl (C=O) groups is 2. The van der Waals surface area contributed by atoms with Crippen molar-refractivity contribution in [2.24, 2.45) is 5.92 Å². The number of anilines is 1. The summed E-state index contributed by atoms with van der Waals surface area (Å²) < 4.78 is 28.6. The van der Waals surface area contributed by atoms with Crippen molar-refractivity contribution in [3.8, 4) is 0 Å². The number of benzene rings is 1. The second-order valence-electron chi connectivity index (χ2n) is 6.52. The first-order valence-electron chi connectivity index (χ1n) is 8.86. The fourth-order valence-corrected chi connectivity index (χ4v) is 3.99. The Morgan fingerprint density at radius 3 is 2.59 bits per heavy atom. The Labute approximate surface area is 158 Å². The zero-order valence-electron chi connectivity index (χ0n) is 15.1. The van der Waals surface area contributed by atoms with E-state index in [4.69, 9.17) is 4.42 Å². The first-order chi connectivity index (χ1) is 12.9. The van der Waals surface area contributed by atoms with Crippen molar-refractivity contribution in [2.75, 3.05) is 24.2 Å². The molecule has 7 nitrogen and oxygen atoms in total. The number of nitrogens with zero attached hydrogens (tertiary/aromatic N) is 1. The molecule has 2 heterocycles. The maximum absolute atomic E-state index is 12.6. The molecule has 3 rings (SSSR count). The minimum atomic E-state index is -3.27. The summed E-state index contributed by atoms with van der Waals surface area (Å²) in [5.74, 6) is -0.601. The Bertz CT molecular complexity index is 904. The van der Waals surface area contributed by atoms with Crippen LogP contribution < -0.4 is 5.32 Å². The third kappa shape index (κ3) is 4.39. The number of sulfone groups is 1. The van der Waals surface area contributed by atoms with Gasteiger partial charge < -0.3 is 14.6 Å². The summed E-state index contributed by atoms with van der Waals surface area (Å²) in [6.45, 7) is 2.54. The summed E-state index contributed by atoms with van der Waals surface area (Å²) in [4.78, 5) is 26.9. The normalized spacial score (nSPS) is 17.5. The molecular formula is C19H22N2O5S. The zero-order chi connectivity index (χ0) is 19.4. The number of furan rings is 1. The van der Waals surface area contributed by atoms with Gasteiger partial charge in [-0.3, -0.25) is 9.59 Å². The number of rotatable bonds is 5. The third-order valence-corrected chi connectivity index (χ3v) is 6.46. The molecule has 144 valence electrons. The molecule has 0 aliphatic carbocycles. The van der Waals surface area contributed by atoms with Gasteiger partial charge in [0.1, 0.15) is 6.26 Å². The number of hydrogen-bond donors (Lipinski definition) is 1. The zero-order valence-corrected chi connectivity index (χ0v) is 15.9. The van der Waals surface area contributed by atoms with Crippen LogP contribution in [0.2, 0.25) is 0 Å². The number of piperidine rings is 1. The van der Waals surface area contributed by atoms with Crippen LogP contribution >= 0.6 is 0 Å². The Morgan fingerprint density at radius 1 is 1.22 bits per heavy atom. The molecule has 27 heavy (non-hydrogen) atoms. The lowest BCUT2D eigenvalue weighted by Gasteiger charge is -2.31. The van der Waals surface area contributed by atoms with E-state index in [1.807, 2.05) is 0 Å². The third-order valence-electron chi connectivity index (χ3n) is 4.71. The van der Waals surface area contributed by atoms with Crippen LogP contribution in [0.3, 0.4) is 0 Å². The molecule has 1 atom stereocenters. The summed E-state index contributed by atoms with van der Waals surface area (Å²) in [5, 5.41) is 2.81. The van der Waals surface area contributed by atoms with Crippen LogP contribution in [0.25, 0.3) is 0 Å². The maximum atomic E-state index is 12.6. The van der Waals surface area contributed by atoms with Gasteiger partial charge in [-0.25, -0.2) is 8.42 Å². The molecule has 1 saturated heterocycles. The number of likely N-dealkylation sites (tertiary alicyclic amines) is 1. The molecule has 0 unspecified atom stereocenters. The second kappa shape index (κ2) is 7.96. The maximum Gasteiger partial charge on any atom is 0.257 e. The summed E-state index contributed by atoms with van der Waals surface area (Å²) in [6, 6.07) is 7.75. The van der Waals surface area contributed by atoms with Crippen LogP contribution in [0.15, 0.2) is 52.2 Å². The monoisotopic (exact) mass is 390 g/mol. The van der Waals surface area contributed by atoms with E-state index in [0.29, 0.717) is 30.8 Å². The molecule has 2 amide bonds. The number of nitrogens with one attached hydrogen (secondary N) is 1. The van der Waals surface area contributed by atoms with Crippen molar-refractivity contribution in [2.45, 2.75) is 24.7 Å². The van der Waals surface area contributed by atoms with Crippen molar-refractivity contribution in [3.63, 3.8) is 0 Å². The van der Waals surface area contributed by atoms with Gasteiger partial charge in [0.2, 0.25) is 5.91 Å². The van der Waals surface area contributed by atoms with Crippen LogP contribution in [-0.4, -0.2) is 44.0 Å². The first-order valence-corrected chi connectivity index (χ1v) is 10.5. The van der Waals surface area contributed by atoms with Gasteiger partial charge in [0.15, 0.2) is 9.84 Å². The highest BCUT2D eigenvalue weighted by atomic mass is 32.2. The molecule has 1 aromatic carbocycles. The largest absolute Gasteiger partial charge is 0.472 e. The molecule has 1 aliphatic heterocycles. The highest BCUT2D eigenvalue weighted by Crippen LogP contribution is 2.21. The Kier molecular flexibility index (Phi) is 5.65. The molecule has 0 spiro atoms. The molecule has 1 aliphatic rings. The molecule has 0 radical (unpaired) electrons. The minimum absolute atomic E-state index is 0.0291. The van der Waals surface area contributed by atoms with Crippen LogP contribution in [0.5, 0.6) is 0 Å². The minimum Gasteiger partial charge on any atom is -0.472 e. The van der Waals surface area contributed by atoms with E-state index < -0.39 is 9.84 Å². The average molecular weight is 390 g/mol. The molecule has 0 bridgehead atoms. The number of hydrogen-bond acceptors (Lipinski definition) is 5. The van der Waals surface area contributed by atoms with Gasteiger partial charge in [-0.2, -0.15) is 0 Å². The molecule has 8 heteroatoms. The fourth-order valence-electron chi connectivity index (χ4n) is 3.10. The highest BCUT2D eigenvalue weighted by molar-refractivity contribution is 7.91. The molecule has 2 aromatic rings. The van der Waals surface area contributed by atoms with Gasteiger partial charge in [-0.05, 0) is 43.2 Å². The van der Waals surface area contributed by atoms with Gasteiger partial charge in [0.05, 0.1) is 28.4 Å². The predicted octanol–water partition coefficient (Wildman–Crippen LogP) is 2.56. The van der Waals surface area contributed by atoms with Gasteiger partial charge in [-0.15, -0.1) is 0 Å². The van der Waals surface area contributed by atoms with E-state index in [0.717, 1.165) is 6.42 Å². The summed E-state index contributed by atoms with van der Waals surface area (Å²) in [6.07, 6.45) is 4.29. The first kappa shape index (κ1) is 19.2. The van der Waals surface area contributed by atoms with Gasteiger partial charge in [-0.1, -0.05) is 6.92 Å². The topological polar surface area (TPSA) is 96.7 Å². The van der Waals surface area contributed by atoms with Gasteiger partial charge in [0.25, 0.3) is 5.91 Å². The lowest BCUT2D eigenvalue weighted by molar-refractivity contribution is -0.121. The van der Waals surface area contributed by atoms with Crippen molar-refractivity contribution >= 4 is 27.3 Å². The van der Waals surface area contributed by atoms with Gasteiger partial charge in [0, 0.05) is 18.8 Å². The fraction of sp³-hybridized carbons (Fsp3) is 0.368. The van der Waals surface area contributed by atoms with E-state index in [1.165, 1.54) is 24.7 Å². The van der Waals surface area contributed by atoms with Gasteiger partial charge >= 0.3 is 0 Å². The van der Waals surface area contributed by atoms with Crippen LogP contribution in [0.4, 0.5) is 5.69 Å². The standard InChI is InChI=1S/C19H22N2O5S/c1-2-27(24,25)17-7-5-16(6-8-17)20-18(22)14-4-3-10-21(12-14)19(23)15-9-11-26-13-15/h5-9,11,13-14H,2-4,10,12H2,1H3,(H,20,22)/t14-/m1/s1. The lowest BCUT2D eigenvalue weighted by Crippen LogP contribution is -2.43. The molecule has 1 aromatic heterocycles. The average Bonchev–Trinajstić information content (AvgIpc) is 3.22. The molecule has 1 fully saturated rings. The number of amides is 2. The second-order valence-corrected chi connectivity index (χ2v) is 8.80. The quantitative estimate of drug-likeness (QED) is 0.846. The summed E-state index contributed by atoms with van der Waals surface area (Å²) in [7, 11) is -3.27. The molecular weight excluding hydrogens is 368 g/mol. The smallest absolute Gasteiger partial charge is 0.257 e. The van der Waals surface area contributed by atoms with E-state index in [2.05, 4.69) is 5.32 Å². The Balaban J connectivity index is 1.63. The molecule has 0 saturated carbocycles. The Morgan fingerprint density at radius 2 is 1.96 bits per heavy atom. The summed E-state index contributed by atoms with van der Waals surface area (Å²) >= 11 is 0. The summed E-state index contributed by atoms with van der Waals surface area (Å²) in [5.41, 5.74) is 1.01. The molecule has 1 N–H and O–H groups in total. The predicted molar refractivity (Wildman–Crippen MR) is 100 cm³/mol.